The summed E-state index contributed by atoms with van der Waals surface area (Å²) in [6.45, 7) is 1.50. The van der Waals surface area contributed by atoms with Crippen molar-refractivity contribution in [3.8, 4) is 0 Å². The van der Waals surface area contributed by atoms with Crippen LogP contribution in [0.2, 0.25) is 0 Å². The highest BCUT2D eigenvalue weighted by Crippen LogP contribution is 2.19. The highest BCUT2D eigenvalue weighted by atomic mass is 79.9. The molecule has 0 atom stereocenters. The Balaban J connectivity index is 1.88. The molecule has 0 radical (unpaired) electrons. The van der Waals surface area contributed by atoms with Crippen LogP contribution in [0.15, 0.2) is 46.9 Å². The zero-order valence-electron chi connectivity index (χ0n) is 12.4. The average molecular weight is 380 g/mol. The lowest BCUT2D eigenvalue weighted by molar-refractivity contribution is -0.144. The number of carbonyl (C=O) groups is 2. The Morgan fingerprint density at radius 3 is 2.48 bits per heavy atom. The number of hydrogen-bond acceptors (Lipinski definition) is 3. The van der Waals surface area contributed by atoms with Crippen molar-refractivity contribution in [2.45, 2.75) is 20.0 Å². The number of amides is 1. The molecule has 0 aromatic heterocycles. The topological polar surface area (TPSA) is 55.4 Å². The van der Waals surface area contributed by atoms with Crippen LogP contribution in [0.4, 0.5) is 10.1 Å². The molecule has 2 aromatic carbocycles. The van der Waals surface area contributed by atoms with Gasteiger partial charge in [0.25, 0.3) is 0 Å². The Morgan fingerprint density at radius 1 is 1.17 bits per heavy atom. The van der Waals surface area contributed by atoms with Gasteiger partial charge in [0.1, 0.15) is 12.4 Å². The van der Waals surface area contributed by atoms with Crippen molar-refractivity contribution < 1.29 is 18.7 Å². The van der Waals surface area contributed by atoms with Gasteiger partial charge in [-0.05, 0) is 29.8 Å². The van der Waals surface area contributed by atoms with E-state index in [-0.39, 0.29) is 30.7 Å². The molecule has 0 heterocycles. The van der Waals surface area contributed by atoms with Gasteiger partial charge in [0.2, 0.25) is 5.91 Å². The van der Waals surface area contributed by atoms with Crippen molar-refractivity contribution >= 4 is 33.5 Å². The molecule has 0 unspecified atom stereocenters. The molecule has 0 aliphatic heterocycles. The van der Waals surface area contributed by atoms with Crippen LogP contribution in [-0.2, 0) is 27.4 Å². The maximum absolute atomic E-state index is 13.0. The highest BCUT2D eigenvalue weighted by Gasteiger charge is 2.08. The number of ether oxygens (including phenoxy) is 1. The number of benzene rings is 2. The van der Waals surface area contributed by atoms with Crippen molar-refractivity contribution in [3.63, 3.8) is 0 Å². The van der Waals surface area contributed by atoms with E-state index in [1.54, 1.807) is 30.3 Å². The predicted octanol–water partition coefficient (Wildman–Crippen LogP) is 3.83. The van der Waals surface area contributed by atoms with Crippen molar-refractivity contribution in [3.05, 3.63) is 63.9 Å². The van der Waals surface area contributed by atoms with Gasteiger partial charge < -0.3 is 10.1 Å². The number of nitrogens with one attached hydrogen (secondary N) is 1. The first-order valence-electron chi connectivity index (χ1n) is 6.90. The summed E-state index contributed by atoms with van der Waals surface area (Å²) in [6.07, 6.45) is 0.124. The van der Waals surface area contributed by atoms with Crippen LogP contribution < -0.4 is 5.32 Å². The Morgan fingerprint density at radius 2 is 1.87 bits per heavy atom. The maximum atomic E-state index is 13.0. The lowest BCUT2D eigenvalue weighted by Gasteiger charge is -2.08. The zero-order valence-corrected chi connectivity index (χ0v) is 14.0. The van der Waals surface area contributed by atoms with Crippen molar-refractivity contribution in [1.82, 2.24) is 0 Å². The van der Waals surface area contributed by atoms with E-state index in [1.165, 1.54) is 19.1 Å². The molecule has 0 aliphatic carbocycles. The Kier molecular flexibility index (Phi) is 5.87. The summed E-state index contributed by atoms with van der Waals surface area (Å²) in [5.41, 5.74) is 2.15. The number of hydrogen-bond donors (Lipinski definition) is 1. The fourth-order valence-electron chi connectivity index (χ4n) is 1.92. The molecule has 120 valence electrons. The zero-order chi connectivity index (χ0) is 16.8. The second-order valence-corrected chi connectivity index (χ2v) is 5.81. The first-order chi connectivity index (χ1) is 10.9. The summed E-state index contributed by atoms with van der Waals surface area (Å²) < 4.78 is 18.7. The molecule has 1 N–H and O–H groups in total. The van der Waals surface area contributed by atoms with E-state index in [9.17, 15) is 14.0 Å². The standard InChI is InChI=1S/C17H15BrFNO3/c1-11(21)20-15-6-2-12(3-7-15)8-17(22)23-10-13-4-5-14(19)9-16(13)18/h2-7,9H,8,10H2,1H3,(H,20,21). The predicted molar refractivity (Wildman–Crippen MR) is 88.3 cm³/mol. The Labute approximate surface area is 141 Å². The van der Waals surface area contributed by atoms with Crippen LogP contribution >= 0.6 is 15.9 Å². The van der Waals surface area contributed by atoms with E-state index < -0.39 is 0 Å². The van der Waals surface area contributed by atoms with Crippen LogP contribution in [0.25, 0.3) is 0 Å². The van der Waals surface area contributed by atoms with Gasteiger partial charge in [-0.25, -0.2) is 4.39 Å². The van der Waals surface area contributed by atoms with Crippen molar-refractivity contribution in [1.29, 1.82) is 0 Å². The van der Waals surface area contributed by atoms with Crippen molar-refractivity contribution in [2.24, 2.45) is 0 Å². The van der Waals surface area contributed by atoms with Crippen molar-refractivity contribution in [2.75, 3.05) is 5.32 Å². The number of rotatable bonds is 5. The monoisotopic (exact) mass is 379 g/mol. The molecule has 0 aliphatic rings. The molecule has 1 amide bonds. The van der Waals surface area contributed by atoms with E-state index in [2.05, 4.69) is 21.2 Å². The number of anilines is 1. The fraction of sp³-hybridized carbons (Fsp3) is 0.176. The third-order valence-corrected chi connectivity index (χ3v) is 3.76. The second-order valence-electron chi connectivity index (χ2n) is 4.95. The van der Waals surface area contributed by atoms with Crippen LogP contribution in [0.3, 0.4) is 0 Å². The van der Waals surface area contributed by atoms with Gasteiger partial charge in [-0.3, -0.25) is 9.59 Å². The number of halogens is 2. The lowest BCUT2D eigenvalue weighted by atomic mass is 10.1. The molecule has 0 saturated carbocycles. The minimum Gasteiger partial charge on any atom is -0.461 e. The first-order valence-corrected chi connectivity index (χ1v) is 7.69. The van der Waals surface area contributed by atoms with Crippen LogP contribution in [0.5, 0.6) is 0 Å². The van der Waals surface area contributed by atoms with Gasteiger partial charge >= 0.3 is 5.97 Å². The van der Waals surface area contributed by atoms with E-state index in [0.29, 0.717) is 15.7 Å². The van der Waals surface area contributed by atoms with E-state index in [1.807, 2.05) is 0 Å². The summed E-state index contributed by atoms with van der Waals surface area (Å²) in [5, 5.41) is 2.65. The summed E-state index contributed by atoms with van der Waals surface area (Å²) in [6, 6.07) is 11.1. The Bertz CT molecular complexity index is 716. The van der Waals surface area contributed by atoms with Crippen LogP contribution in [0, 0.1) is 5.82 Å². The largest absolute Gasteiger partial charge is 0.461 e. The van der Waals surface area contributed by atoms with Gasteiger partial charge in [-0.15, -0.1) is 0 Å². The third-order valence-electron chi connectivity index (χ3n) is 3.03. The lowest BCUT2D eigenvalue weighted by Crippen LogP contribution is -2.09. The molecular weight excluding hydrogens is 365 g/mol. The second kappa shape index (κ2) is 7.87. The van der Waals surface area contributed by atoms with Gasteiger partial charge in [0, 0.05) is 22.6 Å². The molecule has 0 spiro atoms. The van der Waals surface area contributed by atoms with Crippen LogP contribution in [-0.4, -0.2) is 11.9 Å². The van der Waals surface area contributed by atoms with E-state index in [4.69, 9.17) is 4.74 Å². The molecular formula is C17H15BrFNO3. The Hall–Kier alpha value is -2.21. The van der Waals surface area contributed by atoms with Gasteiger partial charge in [0.05, 0.1) is 6.42 Å². The molecule has 2 aromatic rings. The summed E-state index contributed by atoms with van der Waals surface area (Å²) in [7, 11) is 0. The molecule has 0 fully saturated rings. The normalized spacial score (nSPS) is 10.2. The van der Waals surface area contributed by atoms with Gasteiger partial charge in [0.15, 0.2) is 0 Å². The van der Waals surface area contributed by atoms with Crippen LogP contribution in [0.1, 0.15) is 18.1 Å². The molecule has 2 rings (SSSR count). The molecule has 0 saturated heterocycles. The minimum absolute atomic E-state index is 0.0731. The quantitative estimate of drug-likeness (QED) is 0.803. The fourth-order valence-corrected chi connectivity index (χ4v) is 2.39. The van der Waals surface area contributed by atoms with E-state index in [0.717, 1.165) is 5.56 Å². The third kappa shape index (κ3) is 5.49. The molecule has 6 heteroatoms. The van der Waals surface area contributed by atoms with Gasteiger partial charge in [-0.1, -0.05) is 34.1 Å². The summed E-state index contributed by atoms with van der Waals surface area (Å²) in [5.74, 6) is -0.887. The molecule has 4 nitrogen and oxygen atoms in total. The number of esters is 1. The maximum Gasteiger partial charge on any atom is 0.310 e. The van der Waals surface area contributed by atoms with Gasteiger partial charge in [-0.2, -0.15) is 0 Å². The minimum atomic E-state index is -0.381. The SMILES string of the molecule is CC(=O)Nc1ccc(CC(=O)OCc2ccc(F)cc2Br)cc1. The molecule has 0 bridgehead atoms. The summed E-state index contributed by atoms with van der Waals surface area (Å²) >= 11 is 3.23. The molecule has 23 heavy (non-hydrogen) atoms. The average Bonchev–Trinajstić information content (AvgIpc) is 2.48. The number of carbonyl (C=O) groups excluding carboxylic acids is 2. The highest BCUT2D eigenvalue weighted by molar-refractivity contribution is 9.10. The first kappa shape index (κ1) is 17.1. The smallest absolute Gasteiger partial charge is 0.310 e. The summed E-state index contributed by atoms with van der Waals surface area (Å²) in [4.78, 5) is 22.8. The van der Waals surface area contributed by atoms with E-state index >= 15 is 0 Å².